The molecule has 8 heteroatoms. The molecule has 25 heavy (non-hydrogen) atoms. The standard InChI is InChI=1S/C17H19N3O4S/c21-17(22)13-5-6-16-12(9-13)7-8-20(16)25(23,24)15-10-18-19(11-15)14-3-1-2-4-14/h5-6,9-11,14H,1-4,7-8H2,(H,21,22). The highest BCUT2D eigenvalue weighted by Crippen LogP contribution is 2.34. The zero-order valence-electron chi connectivity index (χ0n) is 13.6. The monoisotopic (exact) mass is 361 g/mol. The Bertz CT molecular complexity index is 929. The van der Waals surface area contributed by atoms with Crippen molar-refractivity contribution in [3.05, 3.63) is 41.7 Å². The maximum absolute atomic E-state index is 13.0. The zero-order valence-corrected chi connectivity index (χ0v) is 14.4. The SMILES string of the molecule is O=C(O)c1ccc2c(c1)CCN2S(=O)(=O)c1cnn(C2CCCC2)c1. The van der Waals surface area contributed by atoms with Gasteiger partial charge in [-0.25, -0.2) is 13.2 Å². The maximum atomic E-state index is 13.0. The largest absolute Gasteiger partial charge is 0.478 e. The van der Waals surface area contributed by atoms with E-state index in [0.29, 0.717) is 18.7 Å². The summed E-state index contributed by atoms with van der Waals surface area (Å²) in [6.07, 6.45) is 7.91. The van der Waals surface area contributed by atoms with Gasteiger partial charge in [-0.1, -0.05) is 12.8 Å². The number of benzene rings is 1. The number of carboxylic acids is 1. The molecule has 0 saturated heterocycles. The molecule has 2 aromatic rings. The smallest absolute Gasteiger partial charge is 0.335 e. The molecule has 0 unspecified atom stereocenters. The summed E-state index contributed by atoms with van der Waals surface area (Å²) in [6, 6.07) is 4.85. The number of aromatic carboxylic acids is 1. The molecule has 4 rings (SSSR count). The van der Waals surface area contributed by atoms with Crippen LogP contribution in [0, 0.1) is 0 Å². The van der Waals surface area contributed by atoms with E-state index in [1.807, 2.05) is 0 Å². The topological polar surface area (TPSA) is 92.5 Å². The highest BCUT2D eigenvalue weighted by molar-refractivity contribution is 7.92. The second-order valence-electron chi connectivity index (χ2n) is 6.57. The number of sulfonamides is 1. The Kier molecular flexibility index (Phi) is 3.79. The van der Waals surface area contributed by atoms with E-state index in [9.17, 15) is 13.2 Å². The quantitative estimate of drug-likeness (QED) is 0.903. The van der Waals surface area contributed by atoms with Crippen molar-refractivity contribution in [2.45, 2.75) is 43.0 Å². The second kappa shape index (κ2) is 5.87. The Morgan fingerprint density at radius 1 is 1.24 bits per heavy atom. The van der Waals surface area contributed by atoms with Crippen molar-refractivity contribution < 1.29 is 18.3 Å². The van der Waals surface area contributed by atoms with E-state index in [2.05, 4.69) is 5.10 Å². The van der Waals surface area contributed by atoms with Crippen molar-refractivity contribution in [3.8, 4) is 0 Å². The molecular formula is C17H19N3O4S. The summed E-state index contributed by atoms with van der Waals surface area (Å²) in [5.41, 5.74) is 1.47. The Morgan fingerprint density at radius 3 is 2.72 bits per heavy atom. The van der Waals surface area contributed by atoms with Crippen molar-refractivity contribution in [2.75, 3.05) is 10.8 Å². The van der Waals surface area contributed by atoms with Crippen LogP contribution in [0.3, 0.4) is 0 Å². The minimum absolute atomic E-state index is 0.173. The first-order valence-corrected chi connectivity index (χ1v) is 9.84. The molecule has 7 nitrogen and oxygen atoms in total. The third-order valence-corrected chi connectivity index (χ3v) is 6.81. The molecule has 0 bridgehead atoms. The Morgan fingerprint density at radius 2 is 2.00 bits per heavy atom. The first-order valence-electron chi connectivity index (χ1n) is 8.40. The van der Waals surface area contributed by atoms with Gasteiger partial charge in [-0.05, 0) is 43.0 Å². The molecule has 2 aliphatic rings. The fourth-order valence-corrected chi connectivity index (χ4v) is 5.15. The van der Waals surface area contributed by atoms with Crippen molar-refractivity contribution in [3.63, 3.8) is 0 Å². The number of carbonyl (C=O) groups is 1. The Labute approximate surface area is 145 Å². The van der Waals surface area contributed by atoms with E-state index >= 15 is 0 Å². The zero-order chi connectivity index (χ0) is 17.6. The molecular weight excluding hydrogens is 342 g/mol. The lowest BCUT2D eigenvalue weighted by Crippen LogP contribution is -2.28. The molecule has 1 aliphatic heterocycles. The number of aromatic nitrogens is 2. The molecule has 1 fully saturated rings. The van der Waals surface area contributed by atoms with Crippen LogP contribution < -0.4 is 4.31 Å². The summed E-state index contributed by atoms with van der Waals surface area (Å²) >= 11 is 0. The molecule has 1 saturated carbocycles. The lowest BCUT2D eigenvalue weighted by atomic mass is 10.1. The number of anilines is 1. The van der Waals surface area contributed by atoms with Crippen molar-refractivity contribution in [2.24, 2.45) is 0 Å². The Hall–Kier alpha value is -2.35. The molecule has 0 spiro atoms. The van der Waals surface area contributed by atoms with Gasteiger partial charge in [0.25, 0.3) is 10.0 Å². The van der Waals surface area contributed by atoms with E-state index in [1.165, 1.54) is 16.6 Å². The van der Waals surface area contributed by atoms with E-state index in [-0.39, 0.29) is 16.5 Å². The summed E-state index contributed by atoms with van der Waals surface area (Å²) in [5, 5.41) is 13.3. The number of rotatable bonds is 4. The van der Waals surface area contributed by atoms with E-state index in [0.717, 1.165) is 31.2 Å². The van der Waals surface area contributed by atoms with Crippen LogP contribution in [-0.2, 0) is 16.4 Å². The molecule has 1 N–H and O–H groups in total. The third-order valence-electron chi connectivity index (χ3n) is 5.04. The average molecular weight is 361 g/mol. The molecule has 132 valence electrons. The van der Waals surface area contributed by atoms with Gasteiger partial charge in [-0.15, -0.1) is 0 Å². The van der Waals surface area contributed by atoms with Crippen LogP contribution in [0.2, 0.25) is 0 Å². The molecule has 2 heterocycles. The number of hydrogen-bond acceptors (Lipinski definition) is 4. The van der Waals surface area contributed by atoms with Crippen LogP contribution in [0.5, 0.6) is 0 Å². The van der Waals surface area contributed by atoms with Gasteiger partial charge >= 0.3 is 5.97 Å². The van der Waals surface area contributed by atoms with Gasteiger partial charge in [0.2, 0.25) is 0 Å². The average Bonchev–Trinajstić information content (AvgIpc) is 3.32. The van der Waals surface area contributed by atoms with Crippen LogP contribution in [0.15, 0.2) is 35.5 Å². The van der Waals surface area contributed by atoms with Crippen LogP contribution in [-0.4, -0.2) is 35.8 Å². The highest BCUT2D eigenvalue weighted by Gasteiger charge is 2.33. The third kappa shape index (κ3) is 2.70. The van der Waals surface area contributed by atoms with Crippen LogP contribution >= 0.6 is 0 Å². The van der Waals surface area contributed by atoms with E-state index < -0.39 is 16.0 Å². The van der Waals surface area contributed by atoms with Crippen LogP contribution in [0.25, 0.3) is 0 Å². The summed E-state index contributed by atoms with van der Waals surface area (Å²) in [5.74, 6) is -1.01. The number of fused-ring (bicyclic) bond motifs is 1. The fourth-order valence-electron chi connectivity index (χ4n) is 3.70. The second-order valence-corrected chi connectivity index (χ2v) is 8.43. The molecule has 1 aromatic carbocycles. The fraction of sp³-hybridized carbons (Fsp3) is 0.412. The first kappa shape index (κ1) is 16.1. The van der Waals surface area contributed by atoms with Gasteiger partial charge in [0.1, 0.15) is 4.90 Å². The van der Waals surface area contributed by atoms with Gasteiger partial charge in [0.15, 0.2) is 0 Å². The molecule has 0 radical (unpaired) electrons. The minimum Gasteiger partial charge on any atom is -0.478 e. The van der Waals surface area contributed by atoms with Gasteiger partial charge < -0.3 is 5.11 Å². The molecule has 0 amide bonds. The van der Waals surface area contributed by atoms with Gasteiger partial charge in [-0.2, -0.15) is 5.10 Å². The van der Waals surface area contributed by atoms with Crippen LogP contribution in [0.1, 0.15) is 47.6 Å². The molecule has 1 aliphatic carbocycles. The highest BCUT2D eigenvalue weighted by atomic mass is 32.2. The van der Waals surface area contributed by atoms with Crippen molar-refractivity contribution in [1.29, 1.82) is 0 Å². The lowest BCUT2D eigenvalue weighted by molar-refractivity contribution is 0.0697. The van der Waals surface area contributed by atoms with Crippen molar-refractivity contribution in [1.82, 2.24) is 9.78 Å². The predicted molar refractivity (Wildman–Crippen MR) is 91.4 cm³/mol. The summed E-state index contributed by atoms with van der Waals surface area (Å²) in [6.45, 7) is 0.315. The normalized spacial score (nSPS) is 17.8. The predicted octanol–water partition coefficient (Wildman–Crippen LogP) is 2.45. The number of nitrogens with zero attached hydrogens (tertiary/aromatic N) is 3. The van der Waals surface area contributed by atoms with Crippen molar-refractivity contribution >= 4 is 21.7 Å². The molecule has 1 aromatic heterocycles. The molecule has 0 atom stereocenters. The van der Waals surface area contributed by atoms with E-state index in [1.54, 1.807) is 23.0 Å². The summed E-state index contributed by atoms with van der Waals surface area (Å²) in [4.78, 5) is 11.3. The van der Waals surface area contributed by atoms with Gasteiger partial charge in [0.05, 0.1) is 23.5 Å². The minimum atomic E-state index is -3.69. The Balaban J connectivity index is 1.65. The van der Waals surface area contributed by atoms with Crippen LogP contribution in [0.4, 0.5) is 5.69 Å². The summed E-state index contributed by atoms with van der Waals surface area (Å²) in [7, 11) is -3.69. The van der Waals surface area contributed by atoms with E-state index in [4.69, 9.17) is 5.11 Å². The van der Waals surface area contributed by atoms with Gasteiger partial charge in [0, 0.05) is 12.7 Å². The van der Waals surface area contributed by atoms with Gasteiger partial charge in [-0.3, -0.25) is 8.99 Å². The maximum Gasteiger partial charge on any atom is 0.335 e. The number of hydrogen-bond donors (Lipinski definition) is 1. The number of carboxylic acid groups (broad SMARTS) is 1. The summed E-state index contributed by atoms with van der Waals surface area (Å²) < 4.78 is 29.1. The first-order chi connectivity index (χ1) is 12.0. The lowest BCUT2D eigenvalue weighted by Gasteiger charge is -2.18.